The van der Waals surface area contributed by atoms with Gasteiger partial charge in [-0.2, -0.15) is 0 Å². The fourth-order valence-electron chi connectivity index (χ4n) is 10.7. The van der Waals surface area contributed by atoms with Crippen LogP contribution in [0.5, 0.6) is 0 Å². The van der Waals surface area contributed by atoms with E-state index in [-0.39, 0.29) is 0 Å². The highest BCUT2D eigenvalue weighted by Crippen LogP contribution is 2.47. The van der Waals surface area contributed by atoms with Crippen LogP contribution in [0.15, 0.2) is 267 Å². The Morgan fingerprint density at radius 3 is 1.59 bits per heavy atom. The van der Waals surface area contributed by atoms with Gasteiger partial charge in [-0.05, 0) is 126 Å². The quantitative estimate of drug-likeness (QED) is 0.138. The number of aromatic nitrogens is 1. The number of anilines is 3. The Bertz CT molecular complexity index is 4020. The number of rotatable bonds is 8. The predicted molar refractivity (Wildman–Crippen MR) is 290 cm³/mol. The Morgan fingerprint density at radius 1 is 0.265 bits per heavy atom. The van der Waals surface area contributed by atoms with Gasteiger partial charge in [0.25, 0.3) is 0 Å². The molecule has 13 aromatic rings. The maximum atomic E-state index is 2.45. The molecule has 68 heavy (non-hydrogen) atoms. The molecule has 318 valence electrons. The second-order valence-corrected chi connectivity index (χ2v) is 17.6. The summed E-state index contributed by atoms with van der Waals surface area (Å²) in [6, 6.07) is 97.6. The number of para-hydroxylation sites is 2. The molecule has 0 atom stereocenters. The third kappa shape index (κ3) is 6.65. The fraction of sp³-hybridized carbons (Fsp3) is 0. The van der Waals surface area contributed by atoms with Crippen LogP contribution in [0.3, 0.4) is 0 Å². The predicted octanol–water partition coefficient (Wildman–Crippen LogP) is 18.4. The van der Waals surface area contributed by atoms with Crippen LogP contribution < -0.4 is 4.90 Å². The molecule has 0 saturated carbocycles. The van der Waals surface area contributed by atoms with Gasteiger partial charge in [0, 0.05) is 33.4 Å². The molecule has 0 spiro atoms. The molecule has 0 amide bonds. The van der Waals surface area contributed by atoms with Crippen molar-refractivity contribution in [3.8, 4) is 50.2 Å². The van der Waals surface area contributed by atoms with Crippen LogP contribution in [0.2, 0.25) is 0 Å². The highest BCUT2D eigenvalue weighted by Gasteiger charge is 2.22. The van der Waals surface area contributed by atoms with E-state index in [2.05, 4.69) is 276 Å². The van der Waals surface area contributed by atoms with Crippen molar-refractivity contribution in [3.05, 3.63) is 267 Å². The lowest BCUT2D eigenvalue weighted by Crippen LogP contribution is -2.11. The summed E-state index contributed by atoms with van der Waals surface area (Å²) in [5, 5.41) is 9.88. The molecule has 1 heterocycles. The molecular formula is C66H44N2. The molecule has 0 bridgehead atoms. The maximum Gasteiger partial charge on any atom is 0.0561 e. The lowest BCUT2D eigenvalue weighted by Gasteiger charge is -2.28. The van der Waals surface area contributed by atoms with Crippen LogP contribution in [0, 0.1) is 0 Å². The summed E-state index contributed by atoms with van der Waals surface area (Å²) in [4.78, 5) is 2.45. The number of hydrogen-bond donors (Lipinski definition) is 0. The van der Waals surface area contributed by atoms with Gasteiger partial charge in [-0.15, -0.1) is 0 Å². The van der Waals surface area contributed by atoms with Gasteiger partial charge in [-0.3, -0.25) is 0 Å². The molecule has 0 fully saturated rings. The molecule has 13 rings (SSSR count). The van der Waals surface area contributed by atoms with Crippen LogP contribution in [0.1, 0.15) is 0 Å². The second-order valence-electron chi connectivity index (χ2n) is 17.6. The van der Waals surface area contributed by atoms with Crippen LogP contribution in [-0.2, 0) is 0 Å². The number of fused-ring (bicyclic) bond motifs is 7. The largest absolute Gasteiger partial charge is 0.310 e. The Balaban J connectivity index is 1.04. The number of hydrogen-bond acceptors (Lipinski definition) is 1. The fourth-order valence-corrected chi connectivity index (χ4v) is 10.7. The van der Waals surface area contributed by atoms with E-state index in [0.29, 0.717) is 0 Å². The highest BCUT2D eigenvalue weighted by molar-refractivity contribution is 6.22. The van der Waals surface area contributed by atoms with Crippen molar-refractivity contribution in [2.45, 2.75) is 0 Å². The molecule has 12 aromatic carbocycles. The molecule has 0 saturated heterocycles. The van der Waals surface area contributed by atoms with Crippen LogP contribution in [-0.4, -0.2) is 4.57 Å². The SMILES string of the molecule is c1ccc(-c2ccccc2N(c2cccc(-c3ccc4c(c3)c(-c3ccccc3)c(-c3ccccc3)c3ccccc34)c2)c2ccc3c4ccccc4n(-c4ccc5ccccc5c4)c3c2)cc1. The molecular weight excluding hydrogens is 821 g/mol. The molecule has 2 heteroatoms. The summed E-state index contributed by atoms with van der Waals surface area (Å²) < 4.78 is 2.44. The van der Waals surface area contributed by atoms with E-state index in [1.54, 1.807) is 0 Å². The smallest absolute Gasteiger partial charge is 0.0561 e. The average Bonchev–Trinajstić information content (AvgIpc) is 3.75. The van der Waals surface area contributed by atoms with Crippen molar-refractivity contribution in [3.63, 3.8) is 0 Å². The van der Waals surface area contributed by atoms with Gasteiger partial charge in [-0.1, -0.05) is 212 Å². The Labute approximate surface area is 395 Å². The second kappa shape index (κ2) is 16.5. The van der Waals surface area contributed by atoms with Crippen molar-refractivity contribution in [2.75, 3.05) is 4.90 Å². The third-order valence-corrected chi connectivity index (χ3v) is 13.7. The van der Waals surface area contributed by atoms with Crippen molar-refractivity contribution < 1.29 is 0 Å². The molecule has 0 aliphatic carbocycles. The third-order valence-electron chi connectivity index (χ3n) is 13.7. The molecule has 0 unspecified atom stereocenters. The summed E-state index contributed by atoms with van der Waals surface area (Å²) in [6.07, 6.45) is 0. The van der Waals surface area contributed by atoms with E-state index >= 15 is 0 Å². The minimum Gasteiger partial charge on any atom is -0.310 e. The van der Waals surface area contributed by atoms with E-state index in [1.165, 1.54) is 76.4 Å². The minimum absolute atomic E-state index is 1.07. The summed E-state index contributed by atoms with van der Waals surface area (Å²) in [5.74, 6) is 0. The lowest BCUT2D eigenvalue weighted by atomic mass is 9.84. The van der Waals surface area contributed by atoms with Gasteiger partial charge in [0.05, 0.1) is 16.7 Å². The van der Waals surface area contributed by atoms with Crippen LogP contribution in [0.4, 0.5) is 17.1 Å². The van der Waals surface area contributed by atoms with Gasteiger partial charge < -0.3 is 9.47 Å². The first-order valence-corrected chi connectivity index (χ1v) is 23.4. The Morgan fingerprint density at radius 2 is 0.809 bits per heavy atom. The van der Waals surface area contributed by atoms with Crippen LogP contribution >= 0.6 is 0 Å². The Kier molecular flexibility index (Phi) is 9.54. The molecule has 0 aliphatic rings. The Hall–Kier alpha value is -8.98. The zero-order chi connectivity index (χ0) is 45.0. The van der Waals surface area contributed by atoms with Crippen LogP contribution in [0.25, 0.3) is 104 Å². The number of benzene rings is 12. The van der Waals surface area contributed by atoms with E-state index in [4.69, 9.17) is 0 Å². The molecule has 0 aliphatic heterocycles. The first-order valence-electron chi connectivity index (χ1n) is 23.4. The van der Waals surface area contributed by atoms with E-state index in [1.807, 2.05) is 0 Å². The van der Waals surface area contributed by atoms with Crippen molar-refractivity contribution >= 4 is 71.2 Å². The van der Waals surface area contributed by atoms with Gasteiger partial charge in [0.1, 0.15) is 0 Å². The van der Waals surface area contributed by atoms with Gasteiger partial charge in [-0.25, -0.2) is 0 Å². The first-order chi connectivity index (χ1) is 33.7. The highest BCUT2D eigenvalue weighted by atomic mass is 15.1. The van der Waals surface area contributed by atoms with Gasteiger partial charge in [0.2, 0.25) is 0 Å². The summed E-state index contributed by atoms with van der Waals surface area (Å²) in [5.41, 5.74) is 16.3. The van der Waals surface area contributed by atoms with Crippen molar-refractivity contribution in [2.24, 2.45) is 0 Å². The summed E-state index contributed by atoms with van der Waals surface area (Å²) in [6.45, 7) is 0. The molecule has 1 aromatic heterocycles. The monoisotopic (exact) mass is 864 g/mol. The maximum absolute atomic E-state index is 2.45. The normalized spacial score (nSPS) is 11.5. The van der Waals surface area contributed by atoms with Crippen molar-refractivity contribution in [1.82, 2.24) is 4.57 Å². The van der Waals surface area contributed by atoms with Gasteiger partial charge >= 0.3 is 0 Å². The molecule has 0 radical (unpaired) electrons. The first kappa shape index (κ1) is 39.4. The number of nitrogens with zero attached hydrogens (tertiary/aromatic N) is 2. The van der Waals surface area contributed by atoms with E-state index < -0.39 is 0 Å². The minimum atomic E-state index is 1.07. The molecule has 2 nitrogen and oxygen atoms in total. The zero-order valence-corrected chi connectivity index (χ0v) is 37.3. The van der Waals surface area contributed by atoms with E-state index in [0.717, 1.165) is 45.0 Å². The van der Waals surface area contributed by atoms with E-state index in [9.17, 15) is 0 Å². The standard InChI is InChI=1S/C66H44N2/c1-4-20-46(21-5-1)55-29-14-16-33-62(55)67(54-38-40-59-58-31-15-17-34-63(58)68(64(59)44-54)53-37-35-45-19-10-11-26-49(45)41-53)52-28-18-27-50(42-52)51-36-39-57-56-30-12-13-32-60(56)65(47-22-6-2-7-23-47)66(61(57)43-51)48-24-8-3-9-25-48/h1-44H. The lowest BCUT2D eigenvalue weighted by molar-refractivity contribution is 1.18. The van der Waals surface area contributed by atoms with Gasteiger partial charge in [0.15, 0.2) is 0 Å². The summed E-state index contributed by atoms with van der Waals surface area (Å²) in [7, 11) is 0. The average molecular weight is 865 g/mol. The zero-order valence-electron chi connectivity index (χ0n) is 37.3. The molecule has 0 N–H and O–H groups in total. The summed E-state index contributed by atoms with van der Waals surface area (Å²) >= 11 is 0. The van der Waals surface area contributed by atoms with Crippen molar-refractivity contribution in [1.29, 1.82) is 0 Å². The topological polar surface area (TPSA) is 8.17 Å².